The van der Waals surface area contributed by atoms with Crippen molar-refractivity contribution in [1.29, 1.82) is 0 Å². The Kier molecular flexibility index (Phi) is 5.87. The highest BCUT2D eigenvalue weighted by molar-refractivity contribution is 5.91. The molecule has 2 amide bonds. The van der Waals surface area contributed by atoms with Gasteiger partial charge in [0.05, 0.1) is 29.7 Å². The number of anilines is 1. The van der Waals surface area contributed by atoms with E-state index in [4.69, 9.17) is 5.10 Å². The number of carbonyl (C=O) groups is 1. The molecule has 0 radical (unpaired) electrons. The van der Waals surface area contributed by atoms with E-state index in [2.05, 4.69) is 78.5 Å². The summed E-state index contributed by atoms with van der Waals surface area (Å²) in [5, 5.41) is 8.15. The average molecular weight is 502 g/mol. The predicted molar refractivity (Wildman–Crippen MR) is 151 cm³/mol. The molecular formula is C32H31N5O. The molecule has 3 aromatic carbocycles. The molecule has 1 N–H and O–H groups in total. The smallest absolute Gasteiger partial charge is 0.308 e. The van der Waals surface area contributed by atoms with Gasteiger partial charge in [-0.3, -0.25) is 0 Å². The number of aryl methyl sites for hydroxylation is 3. The molecule has 1 aliphatic heterocycles. The fourth-order valence-corrected chi connectivity index (χ4v) is 5.32. The number of amides is 2. The SMILES string of the molecule is Cc1ccc(C2c3cccn3-c3c(c(C)nn3-c3ccccc3)CN2C(=O)Nc2cccc(C)c2C)cc1. The first-order chi connectivity index (χ1) is 18.4. The van der Waals surface area contributed by atoms with Crippen molar-refractivity contribution in [2.45, 2.75) is 40.3 Å². The Labute approximate surface area is 223 Å². The molecule has 0 bridgehead atoms. The third kappa shape index (κ3) is 3.98. The van der Waals surface area contributed by atoms with E-state index in [1.807, 2.05) is 59.8 Å². The number of urea groups is 1. The van der Waals surface area contributed by atoms with E-state index < -0.39 is 0 Å². The van der Waals surface area contributed by atoms with Gasteiger partial charge in [0.1, 0.15) is 5.82 Å². The molecule has 6 nitrogen and oxygen atoms in total. The second-order valence-corrected chi connectivity index (χ2v) is 10.1. The van der Waals surface area contributed by atoms with E-state index >= 15 is 0 Å². The van der Waals surface area contributed by atoms with Crippen molar-refractivity contribution in [3.63, 3.8) is 0 Å². The van der Waals surface area contributed by atoms with Crippen LogP contribution in [-0.2, 0) is 6.54 Å². The molecule has 0 saturated carbocycles. The first kappa shape index (κ1) is 23.8. The van der Waals surface area contributed by atoms with Gasteiger partial charge in [-0.2, -0.15) is 5.10 Å². The maximum absolute atomic E-state index is 14.1. The van der Waals surface area contributed by atoms with Gasteiger partial charge in [0.15, 0.2) is 0 Å². The van der Waals surface area contributed by atoms with Crippen molar-refractivity contribution in [2.24, 2.45) is 0 Å². The topological polar surface area (TPSA) is 55.1 Å². The van der Waals surface area contributed by atoms with E-state index in [1.54, 1.807) is 0 Å². The quantitative estimate of drug-likeness (QED) is 0.288. The molecule has 1 aliphatic rings. The molecule has 0 spiro atoms. The standard InChI is InChI=1S/C32H31N5O/c1-21-15-17-25(18-16-21)30-29-14-9-19-35(29)31-27(24(4)34-37(31)26-11-6-5-7-12-26)20-36(30)32(38)33-28-13-8-10-22(2)23(28)3/h5-19,30H,20H2,1-4H3,(H,33,38). The van der Waals surface area contributed by atoms with Gasteiger partial charge < -0.3 is 14.8 Å². The molecule has 0 saturated heterocycles. The highest BCUT2D eigenvalue weighted by atomic mass is 16.2. The van der Waals surface area contributed by atoms with Crippen LogP contribution < -0.4 is 5.32 Å². The first-order valence-electron chi connectivity index (χ1n) is 12.9. The largest absolute Gasteiger partial charge is 0.322 e. The zero-order valence-corrected chi connectivity index (χ0v) is 22.1. The Hall–Kier alpha value is -4.58. The minimum Gasteiger partial charge on any atom is -0.308 e. The molecule has 6 rings (SSSR count). The highest BCUT2D eigenvalue weighted by Gasteiger charge is 2.36. The van der Waals surface area contributed by atoms with Gasteiger partial charge in [-0.1, -0.05) is 60.2 Å². The molecule has 1 atom stereocenters. The molecule has 38 heavy (non-hydrogen) atoms. The van der Waals surface area contributed by atoms with Crippen LogP contribution in [0.15, 0.2) is 91.1 Å². The van der Waals surface area contributed by atoms with Crippen LogP contribution in [0.25, 0.3) is 11.5 Å². The normalized spacial score (nSPS) is 14.5. The van der Waals surface area contributed by atoms with Crippen LogP contribution >= 0.6 is 0 Å². The second-order valence-electron chi connectivity index (χ2n) is 10.1. The lowest BCUT2D eigenvalue weighted by atomic mass is 10.0. The summed E-state index contributed by atoms with van der Waals surface area (Å²) in [7, 11) is 0. The predicted octanol–water partition coefficient (Wildman–Crippen LogP) is 7.03. The molecule has 5 aromatic rings. The number of hydrogen-bond acceptors (Lipinski definition) is 2. The van der Waals surface area contributed by atoms with Crippen molar-refractivity contribution in [3.05, 3.63) is 130 Å². The lowest BCUT2D eigenvalue weighted by Gasteiger charge is -2.31. The Bertz CT molecular complexity index is 1630. The van der Waals surface area contributed by atoms with Crippen molar-refractivity contribution in [2.75, 3.05) is 5.32 Å². The lowest BCUT2D eigenvalue weighted by molar-refractivity contribution is 0.194. The number of aromatic nitrogens is 3. The Morgan fingerprint density at radius 1 is 0.868 bits per heavy atom. The number of para-hydroxylation sites is 1. The Balaban J connectivity index is 1.54. The Morgan fingerprint density at radius 2 is 1.63 bits per heavy atom. The third-order valence-electron chi connectivity index (χ3n) is 7.59. The molecular weight excluding hydrogens is 470 g/mol. The zero-order chi connectivity index (χ0) is 26.4. The van der Waals surface area contributed by atoms with Gasteiger partial charge >= 0.3 is 6.03 Å². The number of hydrogen-bond donors (Lipinski definition) is 1. The number of carbonyl (C=O) groups excluding carboxylic acids is 1. The van der Waals surface area contributed by atoms with Crippen LogP contribution in [0, 0.1) is 27.7 Å². The number of rotatable bonds is 3. The number of fused-ring (bicyclic) bond motifs is 3. The molecule has 6 heteroatoms. The van der Waals surface area contributed by atoms with Gasteiger partial charge in [-0.15, -0.1) is 0 Å². The number of nitrogens with zero attached hydrogens (tertiary/aromatic N) is 4. The molecule has 0 fully saturated rings. The molecule has 190 valence electrons. The molecule has 2 aromatic heterocycles. The summed E-state index contributed by atoms with van der Waals surface area (Å²) in [4.78, 5) is 16.1. The number of benzene rings is 3. The van der Waals surface area contributed by atoms with E-state index in [0.717, 1.165) is 50.8 Å². The molecule has 3 heterocycles. The fourth-order valence-electron chi connectivity index (χ4n) is 5.32. The number of nitrogens with one attached hydrogen (secondary N) is 1. The summed E-state index contributed by atoms with van der Waals surface area (Å²) in [6.07, 6.45) is 2.07. The van der Waals surface area contributed by atoms with Crippen LogP contribution in [0.4, 0.5) is 10.5 Å². The minimum atomic E-state index is -0.285. The van der Waals surface area contributed by atoms with Crippen molar-refractivity contribution in [1.82, 2.24) is 19.2 Å². The summed E-state index contributed by atoms with van der Waals surface area (Å²) >= 11 is 0. The Morgan fingerprint density at radius 3 is 2.39 bits per heavy atom. The lowest BCUT2D eigenvalue weighted by Crippen LogP contribution is -2.38. The average Bonchev–Trinajstić information content (AvgIpc) is 3.48. The van der Waals surface area contributed by atoms with Crippen LogP contribution in [0.5, 0.6) is 0 Å². The first-order valence-corrected chi connectivity index (χ1v) is 12.9. The maximum Gasteiger partial charge on any atom is 0.322 e. The van der Waals surface area contributed by atoms with E-state index in [1.165, 1.54) is 5.56 Å². The third-order valence-corrected chi connectivity index (χ3v) is 7.59. The van der Waals surface area contributed by atoms with Crippen LogP contribution in [0.1, 0.15) is 45.2 Å². The van der Waals surface area contributed by atoms with Gasteiger partial charge in [0.2, 0.25) is 0 Å². The van der Waals surface area contributed by atoms with Crippen molar-refractivity contribution < 1.29 is 4.79 Å². The van der Waals surface area contributed by atoms with Crippen molar-refractivity contribution >= 4 is 11.7 Å². The molecule has 1 unspecified atom stereocenters. The van der Waals surface area contributed by atoms with E-state index in [0.29, 0.717) is 6.54 Å². The van der Waals surface area contributed by atoms with Gasteiger partial charge in [0, 0.05) is 17.4 Å². The van der Waals surface area contributed by atoms with Crippen molar-refractivity contribution in [3.8, 4) is 11.5 Å². The zero-order valence-electron chi connectivity index (χ0n) is 22.1. The second kappa shape index (κ2) is 9.38. The molecule has 0 aliphatic carbocycles. The minimum absolute atomic E-state index is 0.142. The van der Waals surface area contributed by atoms with Crippen LogP contribution in [-0.4, -0.2) is 25.3 Å². The van der Waals surface area contributed by atoms with Gasteiger partial charge in [0.25, 0.3) is 0 Å². The van der Waals surface area contributed by atoms with Gasteiger partial charge in [-0.05, 0) is 74.7 Å². The van der Waals surface area contributed by atoms with Gasteiger partial charge in [-0.25, -0.2) is 9.48 Å². The van der Waals surface area contributed by atoms with Crippen LogP contribution in [0.2, 0.25) is 0 Å². The summed E-state index contributed by atoms with van der Waals surface area (Å²) in [6, 6.07) is 28.4. The fraction of sp³-hybridized carbons (Fsp3) is 0.188. The van der Waals surface area contributed by atoms with E-state index in [-0.39, 0.29) is 12.1 Å². The monoisotopic (exact) mass is 501 g/mol. The highest BCUT2D eigenvalue weighted by Crippen LogP contribution is 2.39. The maximum atomic E-state index is 14.1. The van der Waals surface area contributed by atoms with E-state index in [9.17, 15) is 4.79 Å². The summed E-state index contributed by atoms with van der Waals surface area (Å²) < 4.78 is 4.19. The summed E-state index contributed by atoms with van der Waals surface area (Å²) in [5.41, 5.74) is 9.21. The summed E-state index contributed by atoms with van der Waals surface area (Å²) in [6.45, 7) is 8.63. The van der Waals surface area contributed by atoms with Crippen LogP contribution in [0.3, 0.4) is 0 Å². The summed E-state index contributed by atoms with van der Waals surface area (Å²) in [5.74, 6) is 0.966.